The smallest absolute Gasteiger partial charge is 0.305 e. The van der Waals surface area contributed by atoms with Gasteiger partial charge in [-0.3, -0.25) is 9.59 Å². The van der Waals surface area contributed by atoms with E-state index in [2.05, 4.69) is 21.2 Å². The average molecular weight is 321 g/mol. The predicted molar refractivity (Wildman–Crippen MR) is 68.0 cm³/mol. The Hall–Kier alpha value is -1.07. The fourth-order valence-corrected chi connectivity index (χ4v) is 2.07. The van der Waals surface area contributed by atoms with Gasteiger partial charge >= 0.3 is 5.97 Å². The molecule has 1 aromatic carbocycles. The fourth-order valence-electron chi connectivity index (χ4n) is 1.44. The molecule has 1 rings (SSSR count). The molecule has 0 saturated carbocycles. The van der Waals surface area contributed by atoms with E-state index in [0.29, 0.717) is 10.6 Å². The first-order chi connectivity index (χ1) is 7.90. The van der Waals surface area contributed by atoms with Gasteiger partial charge in [0.2, 0.25) is 5.91 Å². The van der Waals surface area contributed by atoms with Crippen LogP contribution in [0.1, 0.15) is 24.9 Å². The van der Waals surface area contributed by atoms with E-state index >= 15 is 0 Å². The number of aliphatic carboxylic acids is 1. The normalized spacial score (nSPS) is 11.9. The van der Waals surface area contributed by atoms with Gasteiger partial charge in [-0.2, -0.15) is 0 Å². The minimum Gasteiger partial charge on any atom is -0.481 e. The molecule has 2 N–H and O–H groups in total. The molecule has 0 aliphatic carbocycles. The topological polar surface area (TPSA) is 66.4 Å². The number of halogens is 2. The van der Waals surface area contributed by atoms with Gasteiger partial charge in [0.15, 0.2) is 0 Å². The minimum absolute atomic E-state index is 0.213. The lowest BCUT2D eigenvalue weighted by Crippen LogP contribution is -2.28. The predicted octanol–water partition coefficient (Wildman–Crippen LogP) is 2.75. The maximum absolute atomic E-state index is 11.0. The van der Waals surface area contributed by atoms with Crippen molar-refractivity contribution in [3.8, 4) is 0 Å². The van der Waals surface area contributed by atoms with Gasteiger partial charge in [-0.25, -0.2) is 0 Å². The maximum atomic E-state index is 11.0. The van der Waals surface area contributed by atoms with Gasteiger partial charge in [0.1, 0.15) is 0 Å². The van der Waals surface area contributed by atoms with Crippen molar-refractivity contribution in [1.29, 1.82) is 0 Å². The van der Waals surface area contributed by atoms with Crippen LogP contribution in [0.15, 0.2) is 22.7 Å². The quantitative estimate of drug-likeness (QED) is 0.896. The third-order valence-electron chi connectivity index (χ3n) is 2.09. The van der Waals surface area contributed by atoms with Gasteiger partial charge < -0.3 is 10.4 Å². The number of carbonyl (C=O) groups is 2. The van der Waals surface area contributed by atoms with Crippen LogP contribution < -0.4 is 5.32 Å². The summed E-state index contributed by atoms with van der Waals surface area (Å²) in [6.07, 6.45) is -0.213. The van der Waals surface area contributed by atoms with E-state index < -0.39 is 12.0 Å². The molecule has 0 aliphatic heterocycles. The summed E-state index contributed by atoms with van der Waals surface area (Å²) in [4.78, 5) is 21.8. The standard InChI is InChI=1S/C11H11BrClNO3/c1-6(15)14-10(5-11(16)17)8-4-7(12)2-3-9(8)13/h2-4,10H,5H2,1H3,(H,14,15)(H,16,17). The van der Waals surface area contributed by atoms with Crippen LogP contribution >= 0.6 is 27.5 Å². The summed E-state index contributed by atoms with van der Waals surface area (Å²) in [5.41, 5.74) is 0.582. The molecule has 0 aromatic heterocycles. The van der Waals surface area contributed by atoms with Crippen molar-refractivity contribution in [1.82, 2.24) is 5.32 Å². The molecule has 0 bridgehead atoms. The molecular weight excluding hydrogens is 309 g/mol. The molecule has 0 radical (unpaired) electrons. The first kappa shape index (κ1) is 14.0. The number of amides is 1. The van der Waals surface area contributed by atoms with E-state index in [1.807, 2.05) is 0 Å². The van der Waals surface area contributed by atoms with E-state index in [9.17, 15) is 9.59 Å². The summed E-state index contributed by atoms with van der Waals surface area (Å²) < 4.78 is 0.776. The van der Waals surface area contributed by atoms with Gasteiger partial charge in [0.05, 0.1) is 12.5 Å². The largest absolute Gasteiger partial charge is 0.481 e. The summed E-state index contributed by atoms with van der Waals surface area (Å²) in [5, 5.41) is 11.8. The fraction of sp³-hybridized carbons (Fsp3) is 0.273. The minimum atomic E-state index is -1.00. The Morgan fingerprint density at radius 2 is 2.18 bits per heavy atom. The maximum Gasteiger partial charge on any atom is 0.305 e. The SMILES string of the molecule is CC(=O)NC(CC(=O)O)c1cc(Br)ccc1Cl. The van der Waals surface area contributed by atoms with Crippen molar-refractivity contribution in [2.75, 3.05) is 0 Å². The van der Waals surface area contributed by atoms with E-state index in [1.54, 1.807) is 18.2 Å². The average Bonchev–Trinajstić information content (AvgIpc) is 2.19. The molecule has 1 atom stereocenters. The molecular formula is C11H11BrClNO3. The van der Waals surface area contributed by atoms with Crippen molar-refractivity contribution in [2.45, 2.75) is 19.4 Å². The van der Waals surface area contributed by atoms with Gasteiger partial charge in [0, 0.05) is 16.4 Å². The summed E-state index contributed by atoms with van der Waals surface area (Å²) in [5.74, 6) is -1.30. The Morgan fingerprint density at radius 3 is 2.71 bits per heavy atom. The molecule has 1 unspecified atom stereocenters. The number of carbonyl (C=O) groups excluding carboxylic acids is 1. The molecule has 0 saturated heterocycles. The zero-order valence-corrected chi connectivity index (χ0v) is 11.4. The Morgan fingerprint density at radius 1 is 1.53 bits per heavy atom. The molecule has 0 heterocycles. The Kier molecular flexibility index (Phi) is 4.96. The van der Waals surface area contributed by atoms with Crippen molar-refractivity contribution >= 4 is 39.4 Å². The van der Waals surface area contributed by atoms with Crippen molar-refractivity contribution < 1.29 is 14.7 Å². The van der Waals surface area contributed by atoms with Gasteiger partial charge in [-0.15, -0.1) is 0 Å². The highest BCUT2D eigenvalue weighted by Gasteiger charge is 2.19. The van der Waals surface area contributed by atoms with Crippen LogP contribution in [0, 0.1) is 0 Å². The molecule has 1 aromatic rings. The summed E-state index contributed by atoms with van der Waals surface area (Å²) in [7, 11) is 0. The second-order valence-electron chi connectivity index (χ2n) is 3.52. The lowest BCUT2D eigenvalue weighted by atomic mass is 10.0. The highest BCUT2D eigenvalue weighted by atomic mass is 79.9. The molecule has 17 heavy (non-hydrogen) atoms. The van der Waals surface area contributed by atoms with Crippen LogP contribution in [0.3, 0.4) is 0 Å². The number of hydrogen-bond acceptors (Lipinski definition) is 2. The number of carboxylic acids is 1. The Labute approximate surface area is 112 Å². The number of carboxylic acid groups (broad SMARTS) is 1. The molecule has 6 heteroatoms. The molecule has 92 valence electrons. The summed E-state index contributed by atoms with van der Waals surface area (Å²) >= 11 is 9.27. The highest BCUT2D eigenvalue weighted by Crippen LogP contribution is 2.28. The molecule has 0 fully saturated rings. The number of benzene rings is 1. The van der Waals surface area contributed by atoms with E-state index in [-0.39, 0.29) is 12.3 Å². The van der Waals surface area contributed by atoms with Crippen molar-refractivity contribution in [3.05, 3.63) is 33.3 Å². The molecule has 0 aliphatic rings. The van der Waals surface area contributed by atoms with Gasteiger partial charge in [-0.1, -0.05) is 27.5 Å². The lowest BCUT2D eigenvalue weighted by Gasteiger charge is -2.18. The van der Waals surface area contributed by atoms with E-state index in [0.717, 1.165) is 4.47 Å². The van der Waals surface area contributed by atoms with E-state index in [4.69, 9.17) is 16.7 Å². The van der Waals surface area contributed by atoms with Crippen LogP contribution in [0.4, 0.5) is 0 Å². The van der Waals surface area contributed by atoms with Crippen LogP contribution in [0.25, 0.3) is 0 Å². The highest BCUT2D eigenvalue weighted by molar-refractivity contribution is 9.10. The third kappa shape index (κ3) is 4.36. The first-order valence-electron chi connectivity index (χ1n) is 4.84. The molecule has 0 spiro atoms. The van der Waals surface area contributed by atoms with Crippen molar-refractivity contribution in [3.63, 3.8) is 0 Å². The lowest BCUT2D eigenvalue weighted by molar-refractivity contribution is -0.137. The Bertz CT molecular complexity index is 434. The second-order valence-corrected chi connectivity index (χ2v) is 4.84. The molecule has 1 amide bonds. The Balaban J connectivity index is 3.06. The second kappa shape index (κ2) is 6.02. The third-order valence-corrected chi connectivity index (χ3v) is 2.93. The zero-order valence-electron chi connectivity index (χ0n) is 9.04. The zero-order chi connectivity index (χ0) is 13.0. The number of nitrogens with one attached hydrogen (secondary N) is 1. The number of rotatable bonds is 4. The van der Waals surface area contributed by atoms with Crippen LogP contribution in [0.5, 0.6) is 0 Å². The van der Waals surface area contributed by atoms with Gasteiger partial charge in [0.25, 0.3) is 0 Å². The summed E-state index contributed by atoms with van der Waals surface area (Å²) in [6.45, 7) is 1.33. The van der Waals surface area contributed by atoms with Gasteiger partial charge in [-0.05, 0) is 23.8 Å². The summed E-state index contributed by atoms with van der Waals surface area (Å²) in [6, 6.07) is 4.47. The van der Waals surface area contributed by atoms with E-state index in [1.165, 1.54) is 6.92 Å². The monoisotopic (exact) mass is 319 g/mol. The van der Waals surface area contributed by atoms with Crippen LogP contribution in [0.2, 0.25) is 5.02 Å². The first-order valence-corrected chi connectivity index (χ1v) is 6.01. The number of hydrogen-bond donors (Lipinski definition) is 2. The molecule has 4 nitrogen and oxygen atoms in total. The van der Waals surface area contributed by atoms with Crippen LogP contribution in [-0.4, -0.2) is 17.0 Å². The van der Waals surface area contributed by atoms with Crippen LogP contribution in [-0.2, 0) is 9.59 Å². The van der Waals surface area contributed by atoms with Crippen molar-refractivity contribution in [2.24, 2.45) is 0 Å².